The van der Waals surface area contributed by atoms with Crippen molar-refractivity contribution in [2.24, 2.45) is 0 Å². The summed E-state index contributed by atoms with van der Waals surface area (Å²) < 4.78 is 12.1. The zero-order valence-electron chi connectivity index (χ0n) is 9.15. The molecule has 0 aromatic carbocycles. The fraction of sp³-hybridized carbons (Fsp3) is 0.900. The molecular formula is C10H19FN2O2. The molecule has 1 aliphatic heterocycles. The number of halogens is 1. The summed E-state index contributed by atoms with van der Waals surface area (Å²) >= 11 is 0. The van der Waals surface area contributed by atoms with Gasteiger partial charge in [0, 0.05) is 32.7 Å². The highest BCUT2D eigenvalue weighted by atomic mass is 19.1. The standard InChI is InChI=1S/C10H19FN2O2/c1-2-9(10(14)15)13-7-5-12(4-3-11)6-8-13/h9H,2-8H2,1H3,(H,14,15)/t9-/m0/s1. The van der Waals surface area contributed by atoms with Crippen LogP contribution in [0.5, 0.6) is 0 Å². The predicted molar refractivity (Wildman–Crippen MR) is 55.7 cm³/mol. The molecule has 15 heavy (non-hydrogen) atoms. The van der Waals surface area contributed by atoms with E-state index in [4.69, 9.17) is 5.11 Å². The summed E-state index contributed by atoms with van der Waals surface area (Å²) in [7, 11) is 0. The topological polar surface area (TPSA) is 43.8 Å². The second-order valence-corrected chi connectivity index (χ2v) is 3.83. The molecule has 88 valence electrons. The Bertz CT molecular complexity index is 206. The molecule has 0 aliphatic carbocycles. The monoisotopic (exact) mass is 218 g/mol. The summed E-state index contributed by atoms with van der Waals surface area (Å²) in [5, 5.41) is 8.98. The molecule has 0 amide bonds. The molecule has 1 heterocycles. The largest absolute Gasteiger partial charge is 0.480 e. The van der Waals surface area contributed by atoms with Gasteiger partial charge in [-0.2, -0.15) is 0 Å². The molecule has 0 aromatic heterocycles. The number of hydrogen-bond donors (Lipinski definition) is 1. The van der Waals surface area contributed by atoms with E-state index < -0.39 is 5.97 Å². The Hall–Kier alpha value is -0.680. The minimum atomic E-state index is -0.753. The Morgan fingerprint density at radius 1 is 1.40 bits per heavy atom. The van der Waals surface area contributed by atoms with Crippen LogP contribution in [0, 0.1) is 0 Å². The molecule has 1 rings (SSSR count). The van der Waals surface area contributed by atoms with E-state index in [9.17, 15) is 9.18 Å². The van der Waals surface area contributed by atoms with Crippen LogP contribution in [0.25, 0.3) is 0 Å². The van der Waals surface area contributed by atoms with Crippen molar-refractivity contribution in [2.45, 2.75) is 19.4 Å². The average molecular weight is 218 g/mol. The zero-order chi connectivity index (χ0) is 11.3. The lowest BCUT2D eigenvalue weighted by Crippen LogP contribution is -2.52. The minimum absolute atomic E-state index is 0.323. The zero-order valence-corrected chi connectivity index (χ0v) is 9.15. The first-order chi connectivity index (χ1) is 7.19. The third-order valence-corrected chi connectivity index (χ3v) is 2.92. The molecule has 1 atom stereocenters. The van der Waals surface area contributed by atoms with Crippen LogP contribution in [0.3, 0.4) is 0 Å². The summed E-state index contributed by atoms with van der Waals surface area (Å²) in [6.45, 7) is 5.03. The normalized spacial score (nSPS) is 21.5. The highest BCUT2D eigenvalue weighted by Gasteiger charge is 2.26. The molecule has 1 fully saturated rings. The molecule has 0 spiro atoms. The van der Waals surface area contributed by atoms with E-state index in [1.54, 1.807) is 0 Å². The van der Waals surface area contributed by atoms with Gasteiger partial charge in [-0.15, -0.1) is 0 Å². The van der Waals surface area contributed by atoms with E-state index in [0.29, 0.717) is 13.0 Å². The molecular weight excluding hydrogens is 199 g/mol. The molecule has 1 N–H and O–H groups in total. The number of aliphatic carboxylic acids is 1. The SMILES string of the molecule is CC[C@@H](C(=O)O)N1CCN(CCF)CC1. The molecule has 0 saturated carbocycles. The molecule has 1 aliphatic rings. The van der Waals surface area contributed by atoms with Crippen molar-refractivity contribution in [2.75, 3.05) is 39.4 Å². The van der Waals surface area contributed by atoms with Crippen molar-refractivity contribution in [3.05, 3.63) is 0 Å². The van der Waals surface area contributed by atoms with Gasteiger partial charge in [0.2, 0.25) is 0 Å². The lowest BCUT2D eigenvalue weighted by atomic mass is 10.1. The lowest BCUT2D eigenvalue weighted by molar-refractivity contribution is -0.144. The maximum Gasteiger partial charge on any atom is 0.320 e. The van der Waals surface area contributed by atoms with Crippen molar-refractivity contribution in [3.8, 4) is 0 Å². The fourth-order valence-electron chi connectivity index (χ4n) is 2.01. The number of nitrogens with zero attached hydrogens (tertiary/aromatic N) is 2. The van der Waals surface area contributed by atoms with Crippen molar-refractivity contribution in [1.82, 2.24) is 9.80 Å². The smallest absolute Gasteiger partial charge is 0.320 e. The average Bonchev–Trinajstić information content (AvgIpc) is 2.21. The van der Waals surface area contributed by atoms with Crippen LogP contribution in [0.4, 0.5) is 4.39 Å². The number of alkyl halides is 1. The summed E-state index contributed by atoms with van der Waals surface area (Å²) in [6, 6.07) is -0.377. The van der Waals surface area contributed by atoms with Crippen molar-refractivity contribution >= 4 is 5.97 Å². The molecule has 1 saturated heterocycles. The van der Waals surface area contributed by atoms with Crippen LogP contribution in [-0.4, -0.2) is 66.3 Å². The van der Waals surface area contributed by atoms with Crippen LogP contribution in [-0.2, 0) is 4.79 Å². The molecule has 5 heteroatoms. The maximum absolute atomic E-state index is 12.1. The molecule has 0 unspecified atom stereocenters. The van der Waals surface area contributed by atoms with E-state index in [2.05, 4.69) is 0 Å². The first-order valence-electron chi connectivity index (χ1n) is 5.44. The second kappa shape index (κ2) is 6.02. The third-order valence-electron chi connectivity index (χ3n) is 2.92. The Kier molecular flexibility index (Phi) is 4.98. The van der Waals surface area contributed by atoms with Crippen LogP contribution in [0.2, 0.25) is 0 Å². The van der Waals surface area contributed by atoms with Gasteiger partial charge in [-0.1, -0.05) is 6.92 Å². The van der Waals surface area contributed by atoms with Gasteiger partial charge in [0.25, 0.3) is 0 Å². The predicted octanol–water partition coefficient (Wildman–Crippen LogP) is 0.437. The molecule has 0 bridgehead atoms. The fourth-order valence-corrected chi connectivity index (χ4v) is 2.01. The van der Waals surface area contributed by atoms with Crippen LogP contribution in [0.1, 0.15) is 13.3 Å². The van der Waals surface area contributed by atoms with E-state index in [0.717, 1.165) is 26.2 Å². The van der Waals surface area contributed by atoms with Gasteiger partial charge in [-0.25, -0.2) is 4.39 Å². The summed E-state index contributed by atoms with van der Waals surface area (Å²) in [4.78, 5) is 14.9. The number of carbonyl (C=O) groups is 1. The van der Waals surface area contributed by atoms with Crippen LogP contribution in [0.15, 0.2) is 0 Å². The van der Waals surface area contributed by atoms with Gasteiger partial charge in [-0.3, -0.25) is 14.6 Å². The van der Waals surface area contributed by atoms with Crippen molar-refractivity contribution < 1.29 is 14.3 Å². The number of piperazine rings is 1. The van der Waals surface area contributed by atoms with Gasteiger partial charge in [-0.05, 0) is 6.42 Å². The highest BCUT2D eigenvalue weighted by molar-refractivity contribution is 5.73. The Morgan fingerprint density at radius 3 is 2.40 bits per heavy atom. The Balaban J connectivity index is 2.38. The summed E-state index contributed by atoms with van der Waals surface area (Å²) in [5.41, 5.74) is 0. The van der Waals surface area contributed by atoms with E-state index in [-0.39, 0.29) is 12.7 Å². The van der Waals surface area contributed by atoms with Gasteiger partial charge >= 0.3 is 5.97 Å². The minimum Gasteiger partial charge on any atom is -0.480 e. The first kappa shape index (κ1) is 12.4. The van der Waals surface area contributed by atoms with E-state index in [1.165, 1.54) is 0 Å². The highest BCUT2D eigenvalue weighted by Crippen LogP contribution is 2.09. The second-order valence-electron chi connectivity index (χ2n) is 3.83. The molecule has 0 aromatic rings. The first-order valence-corrected chi connectivity index (χ1v) is 5.44. The molecule has 0 radical (unpaired) electrons. The van der Waals surface area contributed by atoms with Gasteiger partial charge < -0.3 is 5.11 Å². The van der Waals surface area contributed by atoms with Gasteiger partial charge in [0.05, 0.1) is 0 Å². The lowest BCUT2D eigenvalue weighted by Gasteiger charge is -2.37. The van der Waals surface area contributed by atoms with E-state index >= 15 is 0 Å². The number of carboxylic acid groups (broad SMARTS) is 1. The summed E-state index contributed by atoms with van der Waals surface area (Å²) in [5.74, 6) is -0.753. The number of carboxylic acids is 1. The van der Waals surface area contributed by atoms with Crippen molar-refractivity contribution in [3.63, 3.8) is 0 Å². The van der Waals surface area contributed by atoms with Gasteiger partial charge in [0.15, 0.2) is 0 Å². The Labute approximate surface area is 89.7 Å². The quantitative estimate of drug-likeness (QED) is 0.727. The number of rotatable bonds is 5. The maximum atomic E-state index is 12.1. The molecule has 4 nitrogen and oxygen atoms in total. The number of hydrogen-bond acceptors (Lipinski definition) is 3. The van der Waals surface area contributed by atoms with E-state index in [1.807, 2.05) is 16.7 Å². The Morgan fingerprint density at radius 2 is 2.00 bits per heavy atom. The van der Waals surface area contributed by atoms with Crippen molar-refractivity contribution in [1.29, 1.82) is 0 Å². The third kappa shape index (κ3) is 3.43. The van der Waals surface area contributed by atoms with Crippen LogP contribution < -0.4 is 0 Å². The van der Waals surface area contributed by atoms with Crippen LogP contribution >= 0.6 is 0 Å². The van der Waals surface area contributed by atoms with Gasteiger partial charge in [0.1, 0.15) is 12.7 Å². The summed E-state index contributed by atoms with van der Waals surface area (Å²) in [6.07, 6.45) is 0.623.